The molecule has 0 spiro atoms. The Balaban J connectivity index is 1.65. The zero-order valence-corrected chi connectivity index (χ0v) is 19.0. The maximum atomic E-state index is 6.29. The molecule has 1 aromatic heterocycles. The van der Waals surface area contributed by atoms with Crippen molar-refractivity contribution in [2.45, 2.75) is 130 Å². The molecule has 0 bridgehead atoms. The summed E-state index contributed by atoms with van der Waals surface area (Å²) >= 11 is 0. The smallest absolute Gasteiger partial charge is 0.138 e. The van der Waals surface area contributed by atoms with E-state index in [4.69, 9.17) is 9.72 Å². The fourth-order valence-corrected chi connectivity index (χ4v) is 4.57. The van der Waals surface area contributed by atoms with Gasteiger partial charge in [0, 0.05) is 5.69 Å². The first-order chi connectivity index (χ1) is 13.7. The van der Waals surface area contributed by atoms with Crippen molar-refractivity contribution in [3.8, 4) is 5.75 Å². The van der Waals surface area contributed by atoms with Gasteiger partial charge in [-0.05, 0) is 63.0 Å². The van der Waals surface area contributed by atoms with E-state index in [-0.39, 0.29) is 0 Å². The van der Waals surface area contributed by atoms with Gasteiger partial charge in [0.25, 0.3) is 0 Å². The molecule has 0 atom stereocenters. The van der Waals surface area contributed by atoms with Gasteiger partial charge in [-0.2, -0.15) is 0 Å². The first-order valence-corrected chi connectivity index (χ1v) is 12.3. The molecule has 2 rings (SSSR count). The van der Waals surface area contributed by atoms with Gasteiger partial charge in [-0.1, -0.05) is 78.1 Å². The van der Waals surface area contributed by atoms with Crippen molar-refractivity contribution in [1.29, 1.82) is 0 Å². The van der Waals surface area contributed by atoms with Gasteiger partial charge in [-0.15, -0.1) is 0 Å². The average molecular weight is 388 g/mol. The van der Waals surface area contributed by atoms with Crippen LogP contribution in [-0.4, -0.2) is 11.1 Å². The largest absolute Gasteiger partial charge is 0.489 e. The Bertz CT molecular complexity index is 519. The molecule has 0 N–H and O–H groups in total. The number of aromatic nitrogens is 1. The van der Waals surface area contributed by atoms with E-state index in [1.165, 1.54) is 108 Å². The number of rotatable bonds is 14. The second-order valence-electron chi connectivity index (χ2n) is 9.06. The van der Waals surface area contributed by atoms with Crippen LogP contribution in [0, 0.1) is 12.8 Å². The van der Waals surface area contributed by atoms with Gasteiger partial charge in [0.2, 0.25) is 0 Å². The Morgan fingerprint density at radius 3 is 2.14 bits per heavy atom. The lowest BCUT2D eigenvalue weighted by atomic mass is 9.84. The molecule has 1 aliphatic rings. The molecule has 1 fully saturated rings. The predicted molar refractivity (Wildman–Crippen MR) is 121 cm³/mol. The monoisotopic (exact) mass is 387 g/mol. The molecule has 1 aromatic rings. The van der Waals surface area contributed by atoms with E-state index in [9.17, 15) is 0 Å². The maximum Gasteiger partial charge on any atom is 0.138 e. The molecule has 160 valence electrons. The lowest BCUT2D eigenvalue weighted by molar-refractivity contribution is 0.127. The van der Waals surface area contributed by atoms with E-state index < -0.39 is 0 Å². The molecule has 1 aliphatic carbocycles. The Labute approximate surface area is 174 Å². The van der Waals surface area contributed by atoms with Crippen LogP contribution in [0.1, 0.15) is 121 Å². The highest BCUT2D eigenvalue weighted by Gasteiger charge is 2.22. The summed E-state index contributed by atoms with van der Waals surface area (Å²) in [5, 5.41) is 0. The lowest BCUT2D eigenvalue weighted by Crippen LogP contribution is -2.24. The Morgan fingerprint density at radius 1 is 0.857 bits per heavy atom. The Hall–Kier alpha value is -1.05. The third-order valence-electron chi connectivity index (χ3n) is 6.49. The number of nitrogens with zero attached hydrogens (tertiary/aromatic N) is 1. The van der Waals surface area contributed by atoms with Crippen molar-refractivity contribution in [2.24, 2.45) is 5.92 Å². The zero-order valence-electron chi connectivity index (χ0n) is 19.0. The van der Waals surface area contributed by atoms with Crippen LogP contribution in [0.15, 0.2) is 12.3 Å². The van der Waals surface area contributed by atoms with Crippen molar-refractivity contribution >= 4 is 0 Å². The van der Waals surface area contributed by atoms with Crippen LogP contribution in [0.2, 0.25) is 0 Å². The van der Waals surface area contributed by atoms with Gasteiger partial charge in [-0.3, -0.25) is 4.98 Å². The molecule has 1 heterocycles. The molecule has 2 heteroatoms. The van der Waals surface area contributed by atoms with Crippen molar-refractivity contribution in [2.75, 3.05) is 0 Å². The number of aryl methyl sites for hydroxylation is 2. The van der Waals surface area contributed by atoms with Crippen LogP contribution in [0.5, 0.6) is 5.75 Å². The molecule has 28 heavy (non-hydrogen) atoms. The van der Waals surface area contributed by atoms with Gasteiger partial charge in [-0.25, -0.2) is 0 Å². The summed E-state index contributed by atoms with van der Waals surface area (Å²) in [7, 11) is 0. The third kappa shape index (κ3) is 8.97. The minimum absolute atomic E-state index is 0.400. The summed E-state index contributed by atoms with van der Waals surface area (Å²) in [6.45, 7) is 6.75. The first kappa shape index (κ1) is 23.2. The van der Waals surface area contributed by atoms with Crippen LogP contribution in [0.25, 0.3) is 0 Å². The highest BCUT2D eigenvalue weighted by molar-refractivity contribution is 5.28. The minimum atomic E-state index is 0.400. The number of pyridine rings is 1. The molecular formula is C26H45NO. The van der Waals surface area contributed by atoms with Crippen LogP contribution in [-0.2, 0) is 6.42 Å². The second-order valence-corrected chi connectivity index (χ2v) is 9.06. The minimum Gasteiger partial charge on any atom is -0.489 e. The van der Waals surface area contributed by atoms with E-state index >= 15 is 0 Å². The molecule has 0 amide bonds. The van der Waals surface area contributed by atoms with E-state index in [0.717, 1.165) is 18.1 Å². The number of hydrogen-bond donors (Lipinski definition) is 0. The van der Waals surface area contributed by atoms with Crippen LogP contribution in [0.4, 0.5) is 0 Å². The quantitative estimate of drug-likeness (QED) is 0.300. The van der Waals surface area contributed by atoms with E-state index in [0.29, 0.717) is 6.10 Å². The molecular weight excluding hydrogens is 342 g/mol. The van der Waals surface area contributed by atoms with E-state index in [1.807, 2.05) is 6.20 Å². The topological polar surface area (TPSA) is 22.1 Å². The third-order valence-corrected chi connectivity index (χ3v) is 6.49. The summed E-state index contributed by atoms with van der Waals surface area (Å²) in [5.41, 5.74) is 2.56. The van der Waals surface area contributed by atoms with E-state index in [1.54, 1.807) is 0 Å². The molecule has 0 saturated heterocycles. The van der Waals surface area contributed by atoms with E-state index in [2.05, 4.69) is 26.8 Å². The highest BCUT2D eigenvalue weighted by atomic mass is 16.5. The first-order valence-electron chi connectivity index (χ1n) is 12.3. The number of ether oxygens (including phenoxy) is 1. The van der Waals surface area contributed by atoms with Crippen LogP contribution >= 0.6 is 0 Å². The standard InChI is InChI=1S/C26H45NO/c1-4-6-8-10-12-14-23-16-18-24(19-17-23)28-25-20-22(3)26(27-21-25)15-13-11-9-7-5-2/h20-21,23-24H,4-19H2,1-3H3. The van der Waals surface area contributed by atoms with Crippen molar-refractivity contribution in [1.82, 2.24) is 4.98 Å². The fraction of sp³-hybridized carbons (Fsp3) is 0.808. The summed E-state index contributed by atoms with van der Waals surface area (Å²) in [5.74, 6) is 1.92. The lowest BCUT2D eigenvalue weighted by Gasteiger charge is -2.29. The SMILES string of the molecule is CCCCCCCc1ncc(OC2CCC(CCCCCCC)CC2)cc1C. The average Bonchev–Trinajstić information content (AvgIpc) is 2.70. The predicted octanol–water partition coefficient (Wildman–Crippen LogP) is 8.20. The molecule has 1 saturated carbocycles. The van der Waals surface area contributed by atoms with Gasteiger partial charge in [0.15, 0.2) is 0 Å². The molecule has 0 aliphatic heterocycles. The number of hydrogen-bond acceptors (Lipinski definition) is 2. The summed E-state index contributed by atoms with van der Waals surface area (Å²) in [6.07, 6.45) is 23.7. The molecule has 0 radical (unpaired) electrons. The Kier molecular flexibility index (Phi) is 11.6. The van der Waals surface area contributed by atoms with Gasteiger partial charge in [0.05, 0.1) is 12.3 Å². The maximum absolute atomic E-state index is 6.29. The van der Waals surface area contributed by atoms with Gasteiger partial charge < -0.3 is 4.74 Å². The van der Waals surface area contributed by atoms with Crippen molar-refractivity contribution in [3.05, 3.63) is 23.5 Å². The van der Waals surface area contributed by atoms with Crippen molar-refractivity contribution < 1.29 is 4.74 Å². The van der Waals surface area contributed by atoms with Crippen molar-refractivity contribution in [3.63, 3.8) is 0 Å². The summed E-state index contributed by atoms with van der Waals surface area (Å²) in [6, 6.07) is 2.22. The second kappa shape index (κ2) is 14.0. The fourth-order valence-electron chi connectivity index (χ4n) is 4.57. The zero-order chi connectivity index (χ0) is 20.0. The molecule has 0 unspecified atom stereocenters. The summed E-state index contributed by atoms with van der Waals surface area (Å²) < 4.78 is 6.29. The van der Waals surface area contributed by atoms with Gasteiger partial charge >= 0.3 is 0 Å². The molecule has 0 aromatic carbocycles. The van der Waals surface area contributed by atoms with Gasteiger partial charge in [0.1, 0.15) is 5.75 Å². The van der Waals surface area contributed by atoms with Crippen LogP contribution < -0.4 is 4.74 Å². The normalized spacial score (nSPS) is 19.7. The molecule has 2 nitrogen and oxygen atoms in total. The summed E-state index contributed by atoms with van der Waals surface area (Å²) in [4.78, 5) is 4.72. The van der Waals surface area contributed by atoms with Crippen LogP contribution in [0.3, 0.4) is 0 Å². The Morgan fingerprint density at radius 2 is 1.50 bits per heavy atom. The highest BCUT2D eigenvalue weighted by Crippen LogP contribution is 2.31. The number of unbranched alkanes of at least 4 members (excludes halogenated alkanes) is 8.